The molecule has 1 heterocycles. The number of aliphatic hydroxyl groups is 3. The van der Waals surface area contributed by atoms with E-state index in [1.165, 1.54) is 7.11 Å². The summed E-state index contributed by atoms with van der Waals surface area (Å²) >= 11 is 0. The molecular formula is C7H14O5. The van der Waals surface area contributed by atoms with Crippen LogP contribution >= 0.6 is 0 Å². The van der Waals surface area contributed by atoms with E-state index in [1.807, 2.05) is 0 Å². The SMILES string of the molecule is CO[C@@H]1C[C@H](O)[C@@H](CO)O[C@@H]1O. The van der Waals surface area contributed by atoms with E-state index >= 15 is 0 Å². The van der Waals surface area contributed by atoms with Gasteiger partial charge in [0.05, 0.1) is 12.7 Å². The van der Waals surface area contributed by atoms with Crippen molar-refractivity contribution in [2.45, 2.75) is 31.0 Å². The maximum absolute atomic E-state index is 9.31. The summed E-state index contributed by atoms with van der Waals surface area (Å²) in [5.74, 6) is 0. The third-order valence-corrected chi connectivity index (χ3v) is 2.02. The summed E-state index contributed by atoms with van der Waals surface area (Å²) in [6.45, 7) is -0.297. The zero-order valence-corrected chi connectivity index (χ0v) is 6.88. The van der Waals surface area contributed by atoms with E-state index < -0.39 is 24.6 Å². The quantitative estimate of drug-likeness (QED) is 0.477. The van der Waals surface area contributed by atoms with Crippen molar-refractivity contribution in [2.24, 2.45) is 0 Å². The molecule has 5 nitrogen and oxygen atoms in total. The van der Waals surface area contributed by atoms with Gasteiger partial charge in [-0.1, -0.05) is 0 Å². The summed E-state index contributed by atoms with van der Waals surface area (Å²) in [4.78, 5) is 0. The predicted octanol–water partition coefficient (Wildman–Crippen LogP) is -1.54. The van der Waals surface area contributed by atoms with Crippen molar-refractivity contribution in [2.75, 3.05) is 13.7 Å². The topological polar surface area (TPSA) is 79.2 Å². The monoisotopic (exact) mass is 178 g/mol. The lowest BCUT2D eigenvalue weighted by Crippen LogP contribution is -2.49. The van der Waals surface area contributed by atoms with Crippen LogP contribution in [0.15, 0.2) is 0 Å². The van der Waals surface area contributed by atoms with Crippen LogP contribution in [0.25, 0.3) is 0 Å². The highest BCUT2D eigenvalue weighted by Gasteiger charge is 2.35. The van der Waals surface area contributed by atoms with Gasteiger partial charge in [-0.25, -0.2) is 0 Å². The summed E-state index contributed by atoms with van der Waals surface area (Å²) in [6, 6.07) is 0. The van der Waals surface area contributed by atoms with Crippen molar-refractivity contribution in [1.29, 1.82) is 0 Å². The Bertz CT molecular complexity index is 124. The maximum atomic E-state index is 9.31. The molecule has 5 heteroatoms. The Balaban J connectivity index is 2.49. The number of methoxy groups -OCH3 is 1. The number of rotatable bonds is 2. The minimum Gasteiger partial charge on any atom is -0.394 e. The van der Waals surface area contributed by atoms with Crippen LogP contribution in [-0.2, 0) is 9.47 Å². The van der Waals surface area contributed by atoms with Crippen LogP contribution in [-0.4, -0.2) is 53.6 Å². The number of aliphatic hydroxyl groups excluding tert-OH is 3. The van der Waals surface area contributed by atoms with Crippen molar-refractivity contribution >= 4 is 0 Å². The van der Waals surface area contributed by atoms with Crippen LogP contribution in [0.1, 0.15) is 6.42 Å². The summed E-state index contributed by atoms with van der Waals surface area (Å²) in [5.41, 5.74) is 0. The van der Waals surface area contributed by atoms with Crippen molar-refractivity contribution in [1.82, 2.24) is 0 Å². The van der Waals surface area contributed by atoms with Crippen LogP contribution in [0.3, 0.4) is 0 Å². The highest BCUT2D eigenvalue weighted by atomic mass is 16.6. The molecule has 0 aromatic heterocycles. The lowest BCUT2D eigenvalue weighted by Gasteiger charge is -2.35. The molecule has 1 rings (SSSR count). The van der Waals surface area contributed by atoms with Crippen LogP contribution in [0, 0.1) is 0 Å². The van der Waals surface area contributed by atoms with E-state index in [4.69, 9.17) is 14.6 Å². The van der Waals surface area contributed by atoms with Crippen LogP contribution in [0.2, 0.25) is 0 Å². The van der Waals surface area contributed by atoms with Gasteiger partial charge >= 0.3 is 0 Å². The molecule has 1 saturated heterocycles. The molecule has 0 bridgehead atoms. The first-order chi connectivity index (χ1) is 5.69. The Hall–Kier alpha value is -0.200. The van der Waals surface area contributed by atoms with Crippen molar-refractivity contribution in [3.63, 3.8) is 0 Å². The minimum absolute atomic E-state index is 0.281. The van der Waals surface area contributed by atoms with Crippen molar-refractivity contribution < 1.29 is 24.8 Å². The second-order valence-corrected chi connectivity index (χ2v) is 2.82. The standard InChI is InChI=1S/C7H14O5/c1-11-5-2-4(9)6(3-8)12-7(5)10/h4-10H,2-3H2,1H3/t4-,5+,6+,7-/m0/s1. The van der Waals surface area contributed by atoms with Gasteiger partial charge in [-0.2, -0.15) is 0 Å². The first kappa shape index (κ1) is 9.88. The average molecular weight is 178 g/mol. The third-order valence-electron chi connectivity index (χ3n) is 2.02. The number of hydrogen-bond acceptors (Lipinski definition) is 5. The summed E-state index contributed by atoms with van der Waals surface area (Å²) < 4.78 is 9.73. The highest BCUT2D eigenvalue weighted by Crippen LogP contribution is 2.20. The van der Waals surface area contributed by atoms with Gasteiger partial charge in [0.15, 0.2) is 6.29 Å². The number of ether oxygens (including phenoxy) is 2. The molecule has 4 atom stereocenters. The van der Waals surface area contributed by atoms with E-state index in [9.17, 15) is 10.2 Å². The maximum Gasteiger partial charge on any atom is 0.181 e. The second kappa shape index (κ2) is 4.15. The lowest BCUT2D eigenvalue weighted by molar-refractivity contribution is -0.256. The van der Waals surface area contributed by atoms with Crippen molar-refractivity contribution in [3.8, 4) is 0 Å². The molecule has 1 aliphatic rings. The molecule has 3 N–H and O–H groups in total. The van der Waals surface area contributed by atoms with E-state index in [0.29, 0.717) is 0 Å². The molecule has 0 aliphatic carbocycles. The Morgan fingerprint density at radius 2 is 2.17 bits per heavy atom. The Morgan fingerprint density at radius 3 is 2.67 bits per heavy atom. The lowest BCUT2D eigenvalue weighted by atomic mass is 10.0. The van der Waals surface area contributed by atoms with E-state index in [2.05, 4.69) is 0 Å². The van der Waals surface area contributed by atoms with Crippen LogP contribution in [0.5, 0.6) is 0 Å². The van der Waals surface area contributed by atoms with E-state index in [1.54, 1.807) is 0 Å². The molecule has 1 fully saturated rings. The van der Waals surface area contributed by atoms with Crippen molar-refractivity contribution in [3.05, 3.63) is 0 Å². The van der Waals surface area contributed by atoms with E-state index in [-0.39, 0.29) is 13.0 Å². The summed E-state index contributed by atoms with van der Waals surface area (Å²) in [7, 11) is 1.43. The minimum atomic E-state index is -1.06. The molecule has 72 valence electrons. The zero-order valence-electron chi connectivity index (χ0n) is 6.88. The van der Waals surface area contributed by atoms with Crippen LogP contribution < -0.4 is 0 Å². The Labute approximate surface area is 70.5 Å². The molecule has 0 saturated carbocycles. The molecule has 0 aromatic carbocycles. The van der Waals surface area contributed by atoms with Crippen LogP contribution in [0.4, 0.5) is 0 Å². The van der Waals surface area contributed by atoms with Gasteiger partial charge in [0.2, 0.25) is 0 Å². The van der Waals surface area contributed by atoms with Gasteiger partial charge in [0, 0.05) is 13.5 Å². The number of hydrogen-bond donors (Lipinski definition) is 3. The van der Waals surface area contributed by atoms with Gasteiger partial charge in [-0.15, -0.1) is 0 Å². The molecule has 1 aliphatic heterocycles. The Morgan fingerprint density at radius 1 is 1.50 bits per heavy atom. The molecule has 0 aromatic rings. The normalized spacial score (nSPS) is 43.0. The van der Waals surface area contributed by atoms with Gasteiger partial charge in [0.25, 0.3) is 0 Å². The average Bonchev–Trinajstić information content (AvgIpc) is 2.08. The molecule has 0 radical (unpaired) electrons. The van der Waals surface area contributed by atoms with Gasteiger partial charge in [-0.05, 0) is 0 Å². The summed E-state index contributed by atoms with van der Waals surface area (Å²) in [6.07, 6.45) is -2.77. The predicted molar refractivity (Wildman–Crippen MR) is 39.4 cm³/mol. The fourth-order valence-electron chi connectivity index (χ4n) is 1.24. The molecule has 12 heavy (non-hydrogen) atoms. The molecule has 0 unspecified atom stereocenters. The first-order valence-corrected chi connectivity index (χ1v) is 3.84. The fraction of sp³-hybridized carbons (Fsp3) is 1.00. The van der Waals surface area contributed by atoms with Gasteiger partial charge in [0.1, 0.15) is 12.2 Å². The van der Waals surface area contributed by atoms with Gasteiger partial charge in [-0.3, -0.25) is 0 Å². The largest absolute Gasteiger partial charge is 0.394 e. The summed E-state index contributed by atoms with van der Waals surface area (Å²) in [5, 5.41) is 27.2. The fourth-order valence-corrected chi connectivity index (χ4v) is 1.24. The highest BCUT2D eigenvalue weighted by molar-refractivity contribution is 4.80. The second-order valence-electron chi connectivity index (χ2n) is 2.82. The Kier molecular flexibility index (Phi) is 3.42. The zero-order chi connectivity index (χ0) is 9.14. The first-order valence-electron chi connectivity index (χ1n) is 3.84. The smallest absolute Gasteiger partial charge is 0.181 e. The molecule has 0 amide bonds. The third kappa shape index (κ3) is 1.94. The van der Waals surface area contributed by atoms with E-state index in [0.717, 1.165) is 0 Å². The molecule has 0 spiro atoms. The van der Waals surface area contributed by atoms with Gasteiger partial charge < -0.3 is 24.8 Å². The molecular weight excluding hydrogens is 164 g/mol.